The van der Waals surface area contributed by atoms with Crippen LogP contribution in [0, 0.1) is 5.92 Å². The fourth-order valence-corrected chi connectivity index (χ4v) is 2.01. The standard InChI is InChI=1S/C15H23F3O4/c1-9(2)12(19)22-11-6-10(7-11)13(3,4)21-8-14(5,20)15(16,17)18/h10-11,20H,1,6-8H2,2-5H3. The van der Waals surface area contributed by atoms with Gasteiger partial charge in [-0.15, -0.1) is 0 Å². The molecule has 0 spiro atoms. The lowest BCUT2D eigenvalue weighted by Crippen LogP contribution is -2.52. The molecule has 1 N–H and O–H groups in total. The molecule has 0 aromatic heterocycles. The van der Waals surface area contributed by atoms with Crippen molar-refractivity contribution in [3.63, 3.8) is 0 Å². The Balaban J connectivity index is 2.47. The van der Waals surface area contributed by atoms with Gasteiger partial charge in [0.25, 0.3) is 0 Å². The van der Waals surface area contributed by atoms with Crippen molar-refractivity contribution in [1.82, 2.24) is 0 Å². The number of hydrogen-bond donors (Lipinski definition) is 1. The highest BCUT2D eigenvalue weighted by atomic mass is 19.4. The maximum atomic E-state index is 12.6. The van der Waals surface area contributed by atoms with Gasteiger partial charge in [-0.2, -0.15) is 13.2 Å². The Bertz CT molecular complexity index is 435. The third kappa shape index (κ3) is 4.46. The van der Waals surface area contributed by atoms with Crippen molar-refractivity contribution < 1.29 is 32.5 Å². The van der Waals surface area contributed by atoms with E-state index in [1.54, 1.807) is 20.8 Å². The van der Waals surface area contributed by atoms with Crippen molar-refractivity contribution in [2.45, 2.75) is 64.0 Å². The molecular weight excluding hydrogens is 301 g/mol. The average Bonchev–Trinajstić information content (AvgIpc) is 2.28. The summed E-state index contributed by atoms with van der Waals surface area (Å²) in [6.07, 6.45) is -3.98. The van der Waals surface area contributed by atoms with E-state index in [9.17, 15) is 23.1 Å². The number of alkyl halides is 3. The minimum atomic E-state index is -4.75. The molecule has 0 aromatic rings. The summed E-state index contributed by atoms with van der Waals surface area (Å²) in [5, 5.41) is 9.39. The van der Waals surface area contributed by atoms with E-state index in [1.165, 1.54) is 0 Å². The molecular formula is C15H23F3O4. The average molecular weight is 324 g/mol. The zero-order valence-corrected chi connectivity index (χ0v) is 13.3. The van der Waals surface area contributed by atoms with E-state index in [0.29, 0.717) is 25.3 Å². The molecule has 0 saturated heterocycles. The monoisotopic (exact) mass is 324 g/mol. The molecule has 0 heterocycles. The van der Waals surface area contributed by atoms with Gasteiger partial charge in [-0.3, -0.25) is 0 Å². The number of halogens is 3. The minimum absolute atomic E-state index is 0.0422. The fraction of sp³-hybridized carbons (Fsp3) is 0.800. The van der Waals surface area contributed by atoms with E-state index in [4.69, 9.17) is 9.47 Å². The lowest BCUT2D eigenvalue weighted by atomic mass is 9.72. The summed E-state index contributed by atoms with van der Waals surface area (Å²) in [6.45, 7) is 8.21. The summed E-state index contributed by atoms with van der Waals surface area (Å²) in [5.74, 6) is -0.512. The number of hydrogen-bond acceptors (Lipinski definition) is 4. The first-order valence-electron chi connectivity index (χ1n) is 7.06. The van der Waals surface area contributed by atoms with E-state index in [0.717, 1.165) is 0 Å². The van der Waals surface area contributed by atoms with Crippen molar-refractivity contribution in [3.8, 4) is 0 Å². The van der Waals surface area contributed by atoms with Gasteiger partial charge in [-0.05, 0) is 46.5 Å². The second kappa shape index (κ2) is 6.20. The van der Waals surface area contributed by atoms with Crippen molar-refractivity contribution in [2.24, 2.45) is 5.92 Å². The Morgan fingerprint density at radius 2 is 1.77 bits per heavy atom. The molecule has 0 aliphatic heterocycles. The van der Waals surface area contributed by atoms with Gasteiger partial charge < -0.3 is 14.6 Å². The van der Waals surface area contributed by atoms with Gasteiger partial charge in [0.15, 0.2) is 5.60 Å². The van der Waals surface area contributed by atoms with Crippen molar-refractivity contribution in [3.05, 3.63) is 12.2 Å². The van der Waals surface area contributed by atoms with Gasteiger partial charge in [-0.1, -0.05) is 6.58 Å². The molecule has 1 fully saturated rings. The Morgan fingerprint density at radius 3 is 2.18 bits per heavy atom. The SMILES string of the molecule is C=C(C)C(=O)OC1CC(C(C)(C)OCC(C)(O)C(F)(F)F)C1. The van der Waals surface area contributed by atoms with Crippen molar-refractivity contribution in [2.75, 3.05) is 6.61 Å². The molecule has 128 valence electrons. The summed E-state index contributed by atoms with van der Waals surface area (Å²) in [5.41, 5.74) is -3.43. The smallest absolute Gasteiger partial charge is 0.419 e. The van der Waals surface area contributed by atoms with Crippen LogP contribution in [0.15, 0.2) is 12.2 Å². The zero-order valence-electron chi connectivity index (χ0n) is 13.3. The highest BCUT2D eigenvalue weighted by molar-refractivity contribution is 5.87. The fourth-order valence-electron chi connectivity index (χ4n) is 2.01. The number of esters is 1. The molecule has 0 bridgehead atoms. The quantitative estimate of drug-likeness (QED) is 0.603. The maximum absolute atomic E-state index is 12.6. The normalized spacial score (nSPS) is 25.1. The second-order valence-corrected chi connectivity index (χ2v) is 6.64. The highest BCUT2D eigenvalue weighted by Gasteiger charge is 2.52. The van der Waals surface area contributed by atoms with Crippen molar-refractivity contribution in [1.29, 1.82) is 0 Å². The number of rotatable bonds is 6. The minimum Gasteiger partial charge on any atom is -0.459 e. The zero-order chi connectivity index (χ0) is 17.3. The van der Waals surface area contributed by atoms with Crippen LogP contribution in [0.25, 0.3) is 0 Å². The molecule has 1 rings (SSSR count). The number of ether oxygens (including phenoxy) is 2. The summed E-state index contributed by atoms with van der Waals surface area (Å²) in [4.78, 5) is 11.4. The number of aliphatic hydroxyl groups is 1. The lowest BCUT2D eigenvalue weighted by Gasteiger charge is -2.45. The van der Waals surface area contributed by atoms with Crippen LogP contribution >= 0.6 is 0 Å². The maximum Gasteiger partial charge on any atom is 0.419 e. The molecule has 0 aromatic carbocycles. The predicted octanol–water partition coefficient (Wildman–Crippen LogP) is 2.99. The van der Waals surface area contributed by atoms with Gasteiger partial charge in [0.2, 0.25) is 0 Å². The summed E-state index contributed by atoms with van der Waals surface area (Å²) >= 11 is 0. The predicted molar refractivity (Wildman–Crippen MR) is 74.1 cm³/mol. The first-order chi connectivity index (χ1) is 9.76. The van der Waals surface area contributed by atoms with Gasteiger partial charge in [0, 0.05) is 5.57 Å². The lowest BCUT2D eigenvalue weighted by molar-refractivity contribution is -0.280. The van der Waals surface area contributed by atoms with Crippen LogP contribution < -0.4 is 0 Å². The van der Waals surface area contributed by atoms with Crippen LogP contribution in [-0.2, 0) is 14.3 Å². The van der Waals surface area contributed by atoms with Crippen LogP contribution in [0.3, 0.4) is 0 Å². The van der Waals surface area contributed by atoms with E-state index in [2.05, 4.69) is 6.58 Å². The van der Waals surface area contributed by atoms with Crippen LogP contribution in [-0.4, -0.2) is 41.2 Å². The summed E-state index contributed by atoms with van der Waals surface area (Å²) < 4.78 is 48.2. The third-order valence-electron chi connectivity index (χ3n) is 4.04. The van der Waals surface area contributed by atoms with Gasteiger partial charge >= 0.3 is 12.1 Å². The van der Waals surface area contributed by atoms with Crippen LogP contribution in [0.2, 0.25) is 0 Å². The molecule has 1 aliphatic rings. The van der Waals surface area contributed by atoms with E-state index >= 15 is 0 Å². The van der Waals surface area contributed by atoms with Gasteiger partial charge in [0.1, 0.15) is 6.10 Å². The molecule has 4 nitrogen and oxygen atoms in total. The van der Waals surface area contributed by atoms with Crippen LogP contribution in [0.1, 0.15) is 40.5 Å². The largest absolute Gasteiger partial charge is 0.459 e. The van der Waals surface area contributed by atoms with Gasteiger partial charge in [0.05, 0.1) is 12.2 Å². The van der Waals surface area contributed by atoms with Gasteiger partial charge in [-0.25, -0.2) is 4.79 Å². The Morgan fingerprint density at radius 1 is 1.27 bits per heavy atom. The van der Waals surface area contributed by atoms with Crippen LogP contribution in [0.5, 0.6) is 0 Å². The third-order valence-corrected chi connectivity index (χ3v) is 4.04. The van der Waals surface area contributed by atoms with E-state index < -0.39 is 30.0 Å². The topological polar surface area (TPSA) is 55.8 Å². The first-order valence-corrected chi connectivity index (χ1v) is 7.06. The van der Waals surface area contributed by atoms with E-state index in [-0.39, 0.29) is 12.0 Å². The van der Waals surface area contributed by atoms with E-state index in [1.807, 2.05) is 0 Å². The summed E-state index contributed by atoms with van der Waals surface area (Å²) in [6, 6.07) is 0. The van der Waals surface area contributed by atoms with Crippen LogP contribution in [0.4, 0.5) is 13.2 Å². The highest BCUT2D eigenvalue weighted by Crippen LogP contribution is 2.41. The molecule has 1 unspecified atom stereocenters. The molecule has 0 radical (unpaired) electrons. The molecule has 22 heavy (non-hydrogen) atoms. The molecule has 0 amide bonds. The Hall–Kier alpha value is -1.08. The molecule has 1 atom stereocenters. The Kier molecular flexibility index (Phi) is 5.34. The summed E-state index contributed by atoms with van der Waals surface area (Å²) in [7, 11) is 0. The first kappa shape index (κ1) is 19.0. The molecule has 1 saturated carbocycles. The van der Waals surface area contributed by atoms with Crippen molar-refractivity contribution >= 4 is 5.97 Å². The molecule has 1 aliphatic carbocycles. The second-order valence-electron chi connectivity index (χ2n) is 6.64. The molecule has 7 heteroatoms. The number of carbonyl (C=O) groups is 1. The Labute approximate surface area is 128 Å². The number of carbonyl (C=O) groups excluding carboxylic acids is 1.